The SMILES string of the molecule is Cc1ccc(N(CC(=O)N(Cc2ccccc2)Cc2ccccc2)S(=O)(=O)c2ccccc2)cc1Cl. The van der Waals surface area contributed by atoms with Crippen molar-refractivity contribution in [2.75, 3.05) is 10.8 Å². The Morgan fingerprint density at radius 3 is 1.75 bits per heavy atom. The number of benzene rings is 4. The van der Waals surface area contributed by atoms with Gasteiger partial charge in [0.1, 0.15) is 6.54 Å². The third kappa shape index (κ3) is 6.14. The van der Waals surface area contributed by atoms with Crippen LogP contribution in [-0.4, -0.2) is 25.8 Å². The van der Waals surface area contributed by atoms with Crippen LogP contribution in [0.15, 0.2) is 114 Å². The lowest BCUT2D eigenvalue weighted by Crippen LogP contribution is -2.42. The van der Waals surface area contributed by atoms with Gasteiger partial charge in [-0.25, -0.2) is 8.42 Å². The van der Waals surface area contributed by atoms with Crippen LogP contribution in [0.4, 0.5) is 5.69 Å². The van der Waals surface area contributed by atoms with Gasteiger partial charge in [-0.05, 0) is 47.9 Å². The molecule has 0 aliphatic heterocycles. The second kappa shape index (κ2) is 11.4. The van der Waals surface area contributed by atoms with Gasteiger partial charge in [-0.1, -0.05) is 96.5 Å². The summed E-state index contributed by atoms with van der Waals surface area (Å²) in [4.78, 5) is 15.5. The Hall–Kier alpha value is -3.61. The Balaban J connectivity index is 1.71. The fourth-order valence-electron chi connectivity index (χ4n) is 3.83. The molecule has 0 N–H and O–H groups in total. The summed E-state index contributed by atoms with van der Waals surface area (Å²) < 4.78 is 28.6. The van der Waals surface area contributed by atoms with E-state index in [2.05, 4.69) is 0 Å². The largest absolute Gasteiger partial charge is 0.332 e. The molecule has 0 unspecified atom stereocenters. The highest BCUT2D eigenvalue weighted by Crippen LogP contribution is 2.28. The molecule has 0 heterocycles. The van der Waals surface area contributed by atoms with Crippen LogP contribution in [0, 0.1) is 6.92 Å². The topological polar surface area (TPSA) is 57.7 Å². The molecule has 7 heteroatoms. The highest BCUT2D eigenvalue weighted by molar-refractivity contribution is 7.92. The second-order valence-corrected chi connectivity index (χ2v) is 10.7. The van der Waals surface area contributed by atoms with Gasteiger partial charge in [-0.3, -0.25) is 9.10 Å². The molecule has 0 saturated heterocycles. The molecule has 4 rings (SSSR count). The van der Waals surface area contributed by atoms with E-state index in [9.17, 15) is 13.2 Å². The van der Waals surface area contributed by atoms with Gasteiger partial charge in [0.15, 0.2) is 0 Å². The molecule has 184 valence electrons. The van der Waals surface area contributed by atoms with Crippen LogP contribution in [0.3, 0.4) is 0 Å². The lowest BCUT2D eigenvalue weighted by Gasteiger charge is -2.29. The van der Waals surface area contributed by atoms with Crippen LogP contribution in [0.25, 0.3) is 0 Å². The first-order chi connectivity index (χ1) is 17.3. The van der Waals surface area contributed by atoms with E-state index in [1.807, 2.05) is 67.6 Å². The third-order valence-corrected chi connectivity index (χ3v) is 8.03. The lowest BCUT2D eigenvalue weighted by molar-refractivity contribution is -0.130. The third-order valence-electron chi connectivity index (χ3n) is 5.84. The first kappa shape index (κ1) is 25.5. The predicted octanol–water partition coefficient (Wildman–Crippen LogP) is 6.07. The zero-order chi connectivity index (χ0) is 25.5. The van der Waals surface area contributed by atoms with Crippen molar-refractivity contribution in [3.05, 3.63) is 131 Å². The molecular weight excluding hydrogens is 492 g/mol. The first-order valence-corrected chi connectivity index (χ1v) is 13.4. The molecular formula is C29H27ClN2O3S. The van der Waals surface area contributed by atoms with E-state index < -0.39 is 10.0 Å². The smallest absolute Gasteiger partial charge is 0.264 e. The minimum absolute atomic E-state index is 0.104. The monoisotopic (exact) mass is 518 g/mol. The van der Waals surface area contributed by atoms with Crippen molar-refractivity contribution in [3.8, 4) is 0 Å². The zero-order valence-electron chi connectivity index (χ0n) is 19.9. The highest BCUT2D eigenvalue weighted by atomic mass is 35.5. The maximum absolute atomic E-state index is 13.8. The van der Waals surface area contributed by atoms with E-state index in [1.165, 1.54) is 12.1 Å². The van der Waals surface area contributed by atoms with E-state index in [0.717, 1.165) is 21.0 Å². The minimum Gasteiger partial charge on any atom is -0.332 e. The van der Waals surface area contributed by atoms with E-state index in [0.29, 0.717) is 23.8 Å². The number of carbonyl (C=O) groups is 1. The molecule has 0 spiro atoms. The van der Waals surface area contributed by atoms with E-state index in [1.54, 1.807) is 41.3 Å². The fourth-order valence-corrected chi connectivity index (χ4v) is 5.44. The minimum atomic E-state index is -4.03. The Morgan fingerprint density at radius 1 is 0.750 bits per heavy atom. The van der Waals surface area contributed by atoms with Gasteiger partial charge in [-0.15, -0.1) is 0 Å². The van der Waals surface area contributed by atoms with Crippen molar-refractivity contribution in [3.63, 3.8) is 0 Å². The van der Waals surface area contributed by atoms with Crippen molar-refractivity contribution >= 4 is 33.2 Å². The molecule has 4 aromatic rings. The number of aryl methyl sites for hydroxylation is 1. The number of carbonyl (C=O) groups excluding carboxylic acids is 1. The number of amides is 1. The van der Waals surface area contributed by atoms with Gasteiger partial charge in [0, 0.05) is 18.1 Å². The van der Waals surface area contributed by atoms with Gasteiger partial charge in [0.2, 0.25) is 5.91 Å². The van der Waals surface area contributed by atoms with Gasteiger partial charge < -0.3 is 4.90 Å². The van der Waals surface area contributed by atoms with Crippen LogP contribution >= 0.6 is 11.6 Å². The molecule has 1 amide bonds. The summed E-state index contributed by atoms with van der Waals surface area (Å²) in [5.74, 6) is -0.320. The molecule has 0 saturated carbocycles. The maximum Gasteiger partial charge on any atom is 0.264 e. The molecule has 0 aliphatic carbocycles. The van der Waals surface area contributed by atoms with E-state index in [4.69, 9.17) is 11.6 Å². The number of rotatable bonds is 9. The predicted molar refractivity (Wildman–Crippen MR) is 144 cm³/mol. The average Bonchev–Trinajstić information content (AvgIpc) is 2.90. The Kier molecular flexibility index (Phi) is 8.08. The summed E-state index contributed by atoms with van der Waals surface area (Å²) in [7, 11) is -4.03. The van der Waals surface area contributed by atoms with E-state index >= 15 is 0 Å². The van der Waals surface area contributed by atoms with Gasteiger partial charge >= 0.3 is 0 Å². The average molecular weight is 519 g/mol. The highest BCUT2D eigenvalue weighted by Gasteiger charge is 2.29. The number of hydrogen-bond acceptors (Lipinski definition) is 3. The molecule has 0 bridgehead atoms. The molecule has 0 atom stereocenters. The second-order valence-electron chi connectivity index (χ2n) is 8.48. The Labute approximate surface area is 217 Å². The quantitative estimate of drug-likeness (QED) is 0.270. The number of sulfonamides is 1. The Bertz CT molecular complexity index is 1370. The number of hydrogen-bond donors (Lipinski definition) is 0. The van der Waals surface area contributed by atoms with Crippen LogP contribution in [-0.2, 0) is 27.9 Å². The maximum atomic E-state index is 13.8. The van der Waals surface area contributed by atoms with Crippen molar-refractivity contribution in [1.29, 1.82) is 0 Å². The molecule has 5 nitrogen and oxygen atoms in total. The standard InChI is InChI=1S/C29H27ClN2O3S/c1-23-17-18-26(19-28(23)30)32(36(34,35)27-15-9-4-10-16-27)22-29(33)31(20-24-11-5-2-6-12-24)21-25-13-7-3-8-14-25/h2-19H,20-22H2,1H3. The molecule has 0 radical (unpaired) electrons. The Morgan fingerprint density at radius 2 is 1.25 bits per heavy atom. The van der Waals surface area contributed by atoms with Crippen molar-refractivity contribution in [2.45, 2.75) is 24.9 Å². The molecule has 4 aromatic carbocycles. The first-order valence-electron chi connectivity index (χ1n) is 11.5. The van der Waals surface area contributed by atoms with Crippen LogP contribution in [0.5, 0.6) is 0 Å². The van der Waals surface area contributed by atoms with Gasteiger partial charge in [-0.2, -0.15) is 0 Å². The van der Waals surface area contributed by atoms with Crippen LogP contribution in [0.1, 0.15) is 16.7 Å². The summed E-state index contributed by atoms with van der Waals surface area (Å²) in [6, 6.07) is 32.4. The molecule has 0 fully saturated rings. The zero-order valence-corrected chi connectivity index (χ0v) is 21.5. The number of anilines is 1. The van der Waals surface area contributed by atoms with Crippen LogP contribution in [0.2, 0.25) is 5.02 Å². The summed E-state index contributed by atoms with van der Waals surface area (Å²) >= 11 is 6.35. The summed E-state index contributed by atoms with van der Waals surface area (Å²) in [5.41, 5.74) is 3.07. The fraction of sp³-hybridized carbons (Fsp3) is 0.138. The van der Waals surface area contributed by atoms with Crippen molar-refractivity contribution < 1.29 is 13.2 Å². The number of halogens is 1. The normalized spacial score (nSPS) is 11.2. The van der Waals surface area contributed by atoms with Crippen molar-refractivity contribution in [1.82, 2.24) is 4.90 Å². The lowest BCUT2D eigenvalue weighted by atomic mass is 10.1. The van der Waals surface area contributed by atoms with Gasteiger partial charge in [0.05, 0.1) is 10.6 Å². The summed E-state index contributed by atoms with van der Waals surface area (Å²) in [5, 5.41) is 0.429. The van der Waals surface area contributed by atoms with Crippen LogP contribution < -0.4 is 4.31 Å². The van der Waals surface area contributed by atoms with Gasteiger partial charge in [0.25, 0.3) is 10.0 Å². The molecule has 36 heavy (non-hydrogen) atoms. The molecule has 0 aromatic heterocycles. The van der Waals surface area contributed by atoms with E-state index in [-0.39, 0.29) is 17.3 Å². The van der Waals surface area contributed by atoms with Crippen molar-refractivity contribution in [2.24, 2.45) is 0 Å². The molecule has 0 aliphatic rings. The summed E-state index contributed by atoms with van der Waals surface area (Å²) in [6.45, 7) is 2.18. The number of nitrogens with zero attached hydrogens (tertiary/aromatic N) is 2. The summed E-state index contributed by atoms with van der Waals surface area (Å²) in [6.07, 6.45) is 0.